The van der Waals surface area contributed by atoms with Crippen molar-refractivity contribution in [3.63, 3.8) is 0 Å². The topological polar surface area (TPSA) is 12.0 Å². The fourth-order valence-electron chi connectivity index (χ4n) is 1.35. The summed E-state index contributed by atoms with van der Waals surface area (Å²) < 4.78 is 2.20. The third kappa shape index (κ3) is 2.94. The SMILES string of the molecule is C=CCC(NC)c1ccc(Br)cc1Br. The summed E-state index contributed by atoms with van der Waals surface area (Å²) in [5.41, 5.74) is 1.26. The van der Waals surface area contributed by atoms with Crippen molar-refractivity contribution < 1.29 is 0 Å². The van der Waals surface area contributed by atoms with Gasteiger partial charge in [-0.15, -0.1) is 6.58 Å². The Bertz CT molecular complexity index is 323. The summed E-state index contributed by atoms with van der Waals surface area (Å²) in [7, 11) is 1.96. The van der Waals surface area contributed by atoms with E-state index in [1.54, 1.807) is 0 Å². The van der Waals surface area contributed by atoms with Gasteiger partial charge in [0.05, 0.1) is 0 Å². The van der Waals surface area contributed by atoms with E-state index in [9.17, 15) is 0 Å². The second-order valence-electron chi connectivity index (χ2n) is 3.03. The highest BCUT2D eigenvalue weighted by atomic mass is 79.9. The molecule has 0 heterocycles. The van der Waals surface area contributed by atoms with Crippen LogP contribution in [0, 0.1) is 0 Å². The Labute approximate surface area is 102 Å². The maximum atomic E-state index is 3.76. The van der Waals surface area contributed by atoms with E-state index in [-0.39, 0.29) is 0 Å². The quantitative estimate of drug-likeness (QED) is 0.826. The van der Waals surface area contributed by atoms with Crippen LogP contribution in [-0.4, -0.2) is 7.05 Å². The Kier molecular flexibility index (Phi) is 4.85. The number of benzene rings is 1. The van der Waals surface area contributed by atoms with Gasteiger partial charge >= 0.3 is 0 Å². The van der Waals surface area contributed by atoms with Gasteiger partial charge in [-0.05, 0) is 31.2 Å². The van der Waals surface area contributed by atoms with Crippen LogP contribution in [-0.2, 0) is 0 Å². The van der Waals surface area contributed by atoms with Crippen LogP contribution in [0.5, 0.6) is 0 Å². The van der Waals surface area contributed by atoms with Gasteiger partial charge in [-0.1, -0.05) is 44.0 Å². The van der Waals surface area contributed by atoms with Crippen molar-refractivity contribution in [1.29, 1.82) is 0 Å². The minimum absolute atomic E-state index is 0.329. The average molecular weight is 319 g/mol. The van der Waals surface area contributed by atoms with Crippen molar-refractivity contribution in [3.8, 4) is 0 Å². The zero-order chi connectivity index (χ0) is 10.6. The molecule has 0 saturated carbocycles. The van der Waals surface area contributed by atoms with Crippen LogP contribution in [0.1, 0.15) is 18.0 Å². The van der Waals surface area contributed by atoms with E-state index in [1.165, 1.54) is 5.56 Å². The van der Waals surface area contributed by atoms with Gasteiger partial charge in [-0.2, -0.15) is 0 Å². The maximum absolute atomic E-state index is 3.76. The lowest BCUT2D eigenvalue weighted by Crippen LogP contribution is -2.15. The lowest BCUT2D eigenvalue weighted by Gasteiger charge is -2.16. The molecule has 0 radical (unpaired) electrons. The normalized spacial score (nSPS) is 12.5. The van der Waals surface area contributed by atoms with Gasteiger partial charge in [0, 0.05) is 15.0 Å². The molecular formula is C11H13Br2N. The minimum atomic E-state index is 0.329. The van der Waals surface area contributed by atoms with Gasteiger partial charge in [0.15, 0.2) is 0 Å². The minimum Gasteiger partial charge on any atom is -0.313 e. The summed E-state index contributed by atoms with van der Waals surface area (Å²) in [6.07, 6.45) is 2.85. The number of hydrogen-bond donors (Lipinski definition) is 1. The van der Waals surface area contributed by atoms with Crippen LogP contribution in [0.2, 0.25) is 0 Å². The van der Waals surface area contributed by atoms with Crippen LogP contribution >= 0.6 is 31.9 Å². The van der Waals surface area contributed by atoms with Gasteiger partial charge in [0.25, 0.3) is 0 Å². The summed E-state index contributed by atoms with van der Waals surface area (Å²) in [5.74, 6) is 0. The number of hydrogen-bond acceptors (Lipinski definition) is 1. The van der Waals surface area contributed by atoms with Gasteiger partial charge in [0.2, 0.25) is 0 Å². The number of rotatable bonds is 4. The summed E-state index contributed by atoms with van der Waals surface area (Å²) >= 11 is 6.99. The molecule has 14 heavy (non-hydrogen) atoms. The molecule has 0 aliphatic carbocycles. The molecule has 1 unspecified atom stereocenters. The van der Waals surface area contributed by atoms with Crippen LogP contribution in [0.15, 0.2) is 39.8 Å². The summed E-state index contributed by atoms with van der Waals surface area (Å²) in [6, 6.07) is 6.55. The van der Waals surface area contributed by atoms with E-state index in [0.717, 1.165) is 15.4 Å². The standard InChI is InChI=1S/C11H13Br2N/c1-3-4-11(14-2)9-6-5-8(12)7-10(9)13/h3,5-7,11,14H,1,4H2,2H3. The zero-order valence-electron chi connectivity index (χ0n) is 8.06. The fourth-order valence-corrected chi connectivity index (χ4v) is 2.67. The Balaban J connectivity index is 2.97. The van der Waals surface area contributed by atoms with Crippen LogP contribution < -0.4 is 5.32 Å². The van der Waals surface area contributed by atoms with E-state index in [1.807, 2.05) is 19.2 Å². The molecule has 1 rings (SSSR count). The van der Waals surface area contributed by atoms with Gasteiger partial charge in [-0.3, -0.25) is 0 Å². The summed E-state index contributed by atoms with van der Waals surface area (Å²) in [6.45, 7) is 3.76. The molecule has 1 atom stereocenters. The molecule has 0 saturated heterocycles. The van der Waals surface area contributed by atoms with Crippen molar-refractivity contribution in [2.45, 2.75) is 12.5 Å². The molecule has 1 aromatic carbocycles. The lowest BCUT2D eigenvalue weighted by atomic mass is 10.0. The molecule has 0 spiro atoms. The predicted octanol–water partition coefficient (Wildman–Crippen LogP) is 4.05. The third-order valence-electron chi connectivity index (χ3n) is 2.09. The lowest BCUT2D eigenvalue weighted by molar-refractivity contribution is 0.601. The van der Waals surface area contributed by atoms with E-state index >= 15 is 0 Å². The van der Waals surface area contributed by atoms with Crippen molar-refractivity contribution in [3.05, 3.63) is 45.4 Å². The van der Waals surface area contributed by atoms with Crippen LogP contribution in [0.25, 0.3) is 0 Å². The smallest absolute Gasteiger partial charge is 0.0363 e. The second-order valence-corrected chi connectivity index (χ2v) is 4.80. The highest BCUT2D eigenvalue weighted by Crippen LogP contribution is 2.28. The van der Waals surface area contributed by atoms with Gasteiger partial charge < -0.3 is 5.32 Å². The highest BCUT2D eigenvalue weighted by molar-refractivity contribution is 9.11. The largest absolute Gasteiger partial charge is 0.313 e. The Morgan fingerprint density at radius 3 is 2.71 bits per heavy atom. The first kappa shape index (κ1) is 12.0. The molecular weight excluding hydrogens is 306 g/mol. The second kappa shape index (κ2) is 5.69. The van der Waals surface area contributed by atoms with Crippen molar-refractivity contribution in [2.75, 3.05) is 7.05 Å². The van der Waals surface area contributed by atoms with Crippen molar-refractivity contribution in [2.24, 2.45) is 0 Å². The van der Waals surface area contributed by atoms with Crippen molar-refractivity contribution >= 4 is 31.9 Å². The maximum Gasteiger partial charge on any atom is 0.0363 e. The average Bonchev–Trinajstić information content (AvgIpc) is 2.15. The Hall–Kier alpha value is -0.120. The first-order chi connectivity index (χ1) is 6.69. The van der Waals surface area contributed by atoms with E-state index in [0.29, 0.717) is 6.04 Å². The zero-order valence-corrected chi connectivity index (χ0v) is 11.2. The molecule has 1 N–H and O–H groups in total. The monoisotopic (exact) mass is 317 g/mol. The molecule has 76 valence electrons. The van der Waals surface area contributed by atoms with Gasteiger partial charge in [-0.25, -0.2) is 0 Å². The van der Waals surface area contributed by atoms with E-state index in [2.05, 4.69) is 55.9 Å². The first-order valence-electron chi connectivity index (χ1n) is 4.42. The number of nitrogens with one attached hydrogen (secondary N) is 1. The Morgan fingerprint density at radius 2 is 2.21 bits per heavy atom. The molecule has 1 nitrogen and oxygen atoms in total. The molecule has 3 heteroatoms. The Morgan fingerprint density at radius 1 is 1.50 bits per heavy atom. The molecule has 0 aliphatic rings. The third-order valence-corrected chi connectivity index (χ3v) is 3.27. The molecule has 0 aliphatic heterocycles. The fraction of sp³-hybridized carbons (Fsp3) is 0.273. The number of halogens is 2. The van der Waals surface area contributed by atoms with E-state index in [4.69, 9.17) is 0 Å². The predicted molar refractivity (Wildman–Crippen MR) is 68.5 cm³/mol. The van der Waals surface area contributed by atoms with Gasteiger partial charge in [0.1, 0.15) is 0 Å². The van der Waals surface area contributed by atoms with E-state index < -0.39 is 0 Å². The first-order valence-corrected chi connectivity index (χ1v) is 6.00. The molecule has 0 fully saturated rings. The summed E-state index contributed by atoms with van der Waals surface area (Å²) in [4.78, 5) is 0. The summed E-state index contributed by atoms with van der Waals surface area (Å²) in [5, 5.41) is 3.26. The van der Waals surface area contributed by atoms with Crippen LogP contribution in [0.3, 0.4) is 0 Å². The molecule has 0 bridgehead atoms. The molecule has 1 aromatic rings. The molecule has 0 aromatic heterocycles. The van der Waals surface area contributed by atoms with Crippen molar-refractivity contribution in [1.82, 2.24) is 5.32 Å². The van der Waals surface area contributed by atoms with Crippen LogP contribution in [0.4, 0.5) is 0 Å². The highest BCUT2D eigenvalue weighted by Gasteiger charge is 2.10. The molecule has 0 amide bonds.